The lowest BCUT2D eigenvalue weighted by Crippen LogP contribution is -2.34. The minimum atomic E-state index is -1.09. The van der Waals surface area contributed by atoms with Crippen molar-refractivity contribution in [1.29, 1.82) is 0 Å². The van der Waals surface area contributed by atoms with Crippen molar-refractivity contribution in [2.75, 3.05) is 40.6 Å². The van der Waals surface area contributed by atoms with Crippen molar-refractivity contribution in [2.45, 2.75) is 13.0 Å². The maximum absolute atomic E-state index is 9.81. The summed E-state index contributed by atoms with van der Waals surface area (Å²) in [6.07, 6.45) is 4.00. The molecule has 114 valence electrons. The van der Waals surface area contributed by atoms with Gasteiger partial charge in [0.25, 0.3) is 0 Å². The predicted molar refractivity (Wildman–Crippen MR) is 70.8 cm³/mol. The largest absolute Gasteiger partial charge is 0.550 e. The van der Waals surface area contributed by atoms with Crippen LogP contribution in [0.5, 0.6) is 0 Å². The molecule has 0 amide bonds. The number of aromatic nitrogens is 1. The first kappa shape index (κ1) is 18.5. The van der Waals surface area contributed by atoms with E-state index in [0.717, 1.165) is 13.2 Å². The smallest absolute Gasteiger partial charge is 0.171 e. The zero-order valence-electron chi connectivity index (χ0n) is 12.1. The first-order chi connectivity index (χ1) is 9.70. The van der Waals surface area contributed by atoms with E-state index in [2.05, 4.69) is 9.30 Å². The molecule has 0 fully saturated rings. The number of hydrogen-bond acceptors (Lipinski definition) is 5. The molecular formula is C14H23NO5. The average molecular weight is 285 g/mol. The third kappa shape index (κ3) is 12.9. The maximum atomic E-state index is 9.81. The summed E-state index contributed by atoms with van der Waals surface area (Å²) in [5.41, 5.74) is 0. The molecule has 0 aliphatic heterocycles. The number of aliphatic carboxylic acids is 1. The highest BCUT2D eigenvalue weighted by atomic mass is 16.5. The van der Waals surface area contributed by atoms with Gasteiger partial charge in [-0.05, 0) is 0 Å². The van der Waals surface area contributed by atoms with Crippen molar-refractivity contribution in [2.24, 2.45) is 0 Å². The molecule has 20 heavy (non-hydrogen) atoms. The van der Waals surface area contributed by atoms with Crippen molar-refractivity contribution in [3.63, 3.8) is 0 Å². The Labute approximate surface area is 119 Å². The van der Waals surface area contributed by atoms with E-state index in [1.165, 1.54) is 0 Å². The van der Waals surface area contributed by atoms with E-state index in [4.69, 9.17) is 9.47 Å². The lowest BCUT2D eigenvalue weighted by molar-refractivity contribution is -0.698. The summed E-state index contributed by atoms with van der Waals surface area (Å²) >= 11 is 0. The summed E-state index contributed by atoms with van der Waals surface area (Å²) in [4.78, 5) is 9.81. The van der Waals surface area contributed by atoms with E-state index in [9.17, 15) is 9.90 Å². The minimum Gasteiger partial charge on any atom is -0.550 e. The number of hydrogen-bond donors (Lipinski definition) is 0. The van der Waals surface area contributed by atoms with Crippen molar-refractivity contribution in [3.8, 4) is 0 Å². The first-order valence-electron chi connectivity index (χ1n) is 6.40. The molecule has 0 aromatic carbocycles. The fourth-order valence-corrected chi connectivity index (χ4v) is 1.18. The number of nitrogens with zero attached hydrogens (tertiary/aromatic N) is 1. The van der Waals surface area contributed by atoms with Crippen LogP contribution in [0.3, 0.4) is 0 Å². The van der Waals surface area contributed by atoms with Gasteiger partial charge in [-0.2, -0.15) is 0 Å². The molecule has 0 saturated heterocycles. The van der Waals surface area contributed by atoms with Crippen LogP contribution in [0.4, 0.5) is 0 Å². The van der Waals surface area contributed by atoms with E-state index in [1.54, 1.807) is 14.2 Å². The zero-order chi connectivity index (χ0) is 15.1. The van der Waals surface area contributed by atoms with E-state index >= 15 is 0 Å². The topological polar surface area (TPSA) is 71.7 Å². The molecule has 0 saturated carbocycles. The molecule has 0 atom stereocenters. The summed E-state index contributed by atoms with van der Waals surface area (Å²) in [6.45, 7) is 2.83. The lowest BCUT2D eigenvalue weighted by Gasteiger charge is -2.02. The monoisotopic (exact) mass is 285 g/mol. The second-order valence-corrected chi connectivity index (χ2v) is 3.83. The fourth-order valence-electron chi connectivity index (χ4n) is 1.18. The van der Waals surface area contributed by atoms with Crippen LogP contribution in [0, 0.1) is 0 Å². The number of rotatable bonds is 9. The Hall–Kier alpha value is -1.50. The Bertz CT molecular complexity index is 332. The standard InChI is InChI=1S/C8H12NO.C6H12O4/c1-10-8-7-9-5-3-2-4-6-9;1-9-4-5-10-3-2-6(7)8/h2-6H,7-8H2,1H3;2-5H2,1H3,(H,7,8)/q+1;/p-1. The van der Waals surface area contributed by atoms with Gasteiger partial charge < -0.3 is 24.1 Å². The average Bonchev–Trinajstić information content (AvgIpc) is 2.46. The van der Waals surface area contributed by atoms with Gasteiger partial charge in [-0.3, -0.25) is 0 Å². The van der Waals surface area contributed by atoms with Crippen LogP contribution in [0.25, 0.3) is 0 Å². The van der Waals surface area contributed by atoms with Gasteiger partial charge in [0.15, 0.2) is 18.9 Å². The summed E-state index contributed by atoms with van der Waals surface area (Å²) in [5.74, 6) is -1.09. The molecule has 6 nitrogen and oxygen atoms in total. The Kier molecular flexibility index (Phi) is 12.9. The third-order valence-corrected chi connectivity index (χ3v) is 2.21. The van der Waals surface area contributed by atoms with Gasteiger partial charge in [0.2, 0.25) is 0 Å². The Morgan fingerprint density at radius 2 is 1.65 bits per heavy atom. The van der Waals surface area contributed by atoms with Crippen molar-refractivity contribution in [1.82, 2.24) is 0 Å². The molecular weight excluding hydrogens is 262 g/mol. The Balaban J connectivity index is 0.000000361. The summed E-state index contributed by atoms with van der Waals surface area (Å²) in [5, 5.41) is 9.81. The number of carboxylic acid groups (broad SMARTS) is 1. The molecule has 0 bridgehead atoms. The van der Waals surface area contributed by atoms with Gasteiger partial charge in [0, 0.05) is 38.7 Å². The number of carbonyl (C=O) groups is 1. The highest BCUT2D eigenvalue weighted by molar-refractivity contribution is 5.64. The Morgan fingerprint density at radius 3 is 2.20 bits per heavy atom. The number of carboxylic acids is 1. The van der Waals surface area contributed by atoms with Gasteiger partial charge in [0.1, 0.15) is 6.61 Å². The SMILES string of the molecule is COCCOCCC(=O)[O-].COCC[n+]1ccccc1. The molecule has 0 radical (unpaired) electrons. The number of carbonyl (C=O) groups excluding carboxylic acids is 1. The summed E-state index contributed by atoms with van der Waals surface area (Å²) < 4.78 is 16.5. The molecule has 0 aliphatic carbocycles. The van der Waals surface area contributed by atoms with Crippen LogP contribution in [-0.2, 0) is 25.5 Å². The van der Waals surface area contributed by atoms with Gasteiger partial charge in [-0.1, -0.05) is 6.07 Å². The van der Waals surface area contributed by atoms with Crippen LogP contribution in [0.15, 0.2) is 30.6 Å². The van der Waals surface area contributed by atoms with Crippen LogP contribution >= 0.6 is 0 Å². The van der Waals surface area contributed by atoms with Crippen molar-refractivity contribution >= 4 is 5.97 Å². The number of ether oxygens (including phenoxy) is 3. The second kappa shape index (κ2) is 13.9. The van der Waals surface area contributed by atoms with Gasteiger partial charge in [0.05, 0.1) is 19.8 Å². The highest BCUT2D eigenvalue weighted by Crippen LogP contribution is 1.80. The molecule has 0 unspecified atom stereocenters. The zero-order valence-corrected chi connectivity index (χ0v) is 12.1. The molecule has 1 heterocycles. The number of pyridine rings is 1. The molecule has 0 N–H and O–H groups in total. The highest BCUT2D eigenvalue weighted by Gasteiger charge is 1.93. The molecule has 0 spiro atoms. The molecule has 6 heteroatoms. The molecule has 0 aliphatic rings. The van der Waals surface area contributed by atoms with E-state index in [0.29, 0.717) is 13.2 Å². The van der Waals surface area contributed by atoms with Gasteiger partial charge in [-0.25, -0.2) is 4.57 Å². The van der Waals surface area contributed by atoms with Crippen LogP contribution < -0.4 is 9.67 Å². The first-order valence-corrected chi connectivity index (χ1v) is 6.40. The van der Waals surface area contributed by atoms with Gasteiger partial charge in [-0.15, -0.1) is 0 Å². The van der Waals surface area contributed by atoms with Crippen molar-refractivity contribution < 1.29 is 28.7 Å². The predicted octanol–water partition coefficient (Wildman–Crippen LogP) is -0.590. The van der Waals surface area contributed by atoms with E-state index in [-0.39, 0.29) is 13.0 Å². The number of methoxy groups -OCH3 is 2. The second-order valence-electron chi connectivity index (χ2n) is 3.83. The van der Waals surface area contributed by atoms with Crippen LogP contribution in [-0.4, -0.2) is 46.6 Å². The minimum absolute atomic E-state index is 0.0519. The summed E-state index contributed by atoms with van der Waals surface area (Å²) in [6, 6.07) is 6.02. The Morgan fingerprint density at radius 1 is 1.00 bits per heavy atom. The van der Waals surface area contributed by atoms with Crippen molar-refractivity contribution in [3.05, 3.63) is 30.6 Å². The van der Waals surface area contributed by atoms with Crippen LogP contribution in [0.1, 0.15) is 6.42 Å². The maximum Gasteiger partial charge on any atom is 0.171 e. The quantitative estimate of drug-likeness (QED) is 0.448. The molecule has 1 aromatic rings. The van der Waals surface area contributed by atoms with E-state index in [1.807, 2.05) is 30.6 Å². The molecule has 1 rings (SSSR count). The summed E-state index contributed by atoms with van der Waals surface area (Å²) in [7, 11) is 3.27. The third-order valence-electron chi connectivity index (χ3n) is 2.21. The lowest BCUT2D eigenvalue weighted by atomic mass is 10.5. The fraction of sp³-hybridized carbons (Fsp3) is 0.571. The van der Waals surface area contributed by atoms with E-state index < -0.39 is 5.97 Å². The van der Waals surface area contributed by atoms with Crippen LogP contribution in [0.2, 0.25) is 0 Å². The van der Waals surface area contributed by atoms with Gasteiger partial charge >= 0.3 is 0 Å². The molecule has 1 aromatic heterocycles. The normalized spacial score (nSPS) is 9.70.